The van der Waals surface area contributed by atoms with Crippen molar-refractivity contribution < 1.29 is 4.79 Å². The minimum absolute atomic E-state index is 0.00745. The summed E-state index contributed by atoms with van der Waals surface area (Å²) < 4.78 is 2.08. The molecule has 5 nitrogen and oxygen atoms in total. The zero-order valence-corrected chi connectivity index (χ0v) is 16.1. The second kappa shape index (κ2) is 6.59. The van der Waals surface area contributed by atoms with E-state index >= 15 is 0 Å². The van der Waals surface area contributed by atoms with Crippen LogP contribution in [0.15, 0.2) is 48.9 Å². The van der Waals surface area contributed by atoms with Crippen LogP contribution in [-0.2, 0) is 13.1 Å². The Morgan fingerprint density at radius 2 is 2.00 bits per heavy atom. The third kappa shape index (κ3) is 3.01. The fourth-order valence-electron chi connectivity index (χ4n) is 4.60. The van der Waals surface area contributed by atoms with Crippen molar-refractivity contribution in [3.05, 3.63) is 60.0 Å². The highest BCUT2D eigenvalue weighted by Crippen LogP contribution is 2.39. The monoisotopic (exact) mass is 372 g/mol. The molecule has 0 bridgehead atoms. The van der Waals surface area contributed by atoms with E-state index in [2.05, 4.69) is 45.3 Å². The molecule has 0 spiro atoms. The SMILES string of the molecule is CC1(Cn2cc(-c3cccnc3-c3ccc4c(c3)C(=O)NC4)cn2)CCCC1. The lowest BCUT2D eigenvalue weighted by Crippen LogP contribution is -2.19. The van der Waals surface area contributed by atoms with Crippen LogP contribution in [0.5, 0.6) is 0 Å². The Bertz CT molecular complexity index is 1050. The highest BCUT2D eigenvalue weighted by molar-refractivity contribution is 5.99. The van der Waals surface area contributed by atoms with Crippen LogP contribution in [0.25, 0.3) is 22.4 Å². The average Bonchev–Trinajstić information content (AvgIpc) is 3.43. The van der Waals surface area contributed by atoms with Crippen molar-refractivity contribution in [2.24, 2.45) is 5.41 Å². The smallest absolute Gasteiger partial charge is 0.251 e. The van der Waals surface area contributed by atoms with Crippen LogP contribution in [0.1, 0.15) is 48.5 Å². The third-order valence-electron chi connectivity index (χ3n) is 6.17. The van der Waals surface area contributed by atoms with Gasteiger partial charge in [-0.05, 0) is 36.0 Å². The molecule has 0 unspecified atom stereocenters. The van der Waals surface area contributed by atoms with E-state index in [1.165, 1.54) is 25.7 Å². The van der Waals surface area contributed by atoms with E-state index in [0.29, 0.717) is 12.0 Å². The first-order valence-corrected chi connectivity index (χ1v) is 10.0. The predicted molar refractivity (Wildman–Crippen MR) is 109 cm³/mol. The van der Waals surface area contributed by atoms with Crippen molar-refractivity contribution in [1.29, 1.82) is 0 Å². The van der Waals surface area contributed by atoms with Crippen molar-refractivity contribution in [2.75, 3.05) is 0 Å². The molecule has 2 aromatic heterocycles. The lowest BCUT2D eigenvalue weighted by Gasteiger charge is -2.22. The van der Waals surface area contributed by atoms with Crippen molar-refractivity contribution in [2.45, 2.75) is 45.7 Å². The number of hydrogen-bond donors (Lipinski definition) is 1. The lowest BCUT2D eigenvalue weighted by molar-refractivity contribution is 0.0966. The van der Waals surface area contributed by atoms with E-state index in [0.717, 1.165) is 40.1 Å². The predicted octanol–water partition coefficient (Wildman–Crippen LogP) is 4.44. The summed E-state index contributed by atoms with van der Waals surface area (Å²) in [6.07, 6.45) is 11.1. The summed E-state index contributed by atoms with van der Waals surface area (Å²) >= 11 is 0. The molecule has 28 heavy (non-hydrogen) atoms. The van der Waals surface area contributed by atoms with E-state index in [1.807, 2.05) is 24.4 Å². The number of nitrogens with one attached hydrogen (secondary N) is 1. The molecule has 1 fully saturated rings. The van der Waals surface area contributed by atoms with Gasteiger partial charge in [0.15, 0.2) is 0 Å². The van der Waals surface area contributed by atoms with Crippen molar-refractivity contribution >= 4 is 5.91 Å². The number of pyridine rings is 1. The van der Waals surface area contributed by atoms with Crippen molar-refractivity contribution in [3.8, 4) is 22.4 Å². The van der Waals surface area contributed by atoms with Gasteiger partial charge >= 0.3 is 0 Å². The Hall–Kier alpha value is -2.95. The van der Waals surface area contributed by atoms with Crippen LogP contribution in [0, 0.1) is 5.41 Å². The largest absolute Gasteiger partial charge is 0.348 e. The first-order valence-electron chi connectivity index (χ1n) is 10.0. The summed E-state index contributed by atoms with van der Waals surface area (Å²) in [6.45, 7) is 3.93. The van der Waals surface area contributed by atoms with Crippen LogP contribution in [0.3, 0.4) is 0 Å². The van der Waals surface area contributed by atoms with Crippen molar-refractivity contribution in [1.82, 2.24) is 20.1 Å². The second-order valence-electron chi connectivity index (χ2n) is 8.40. The molecule has 0 atom stereocenters. The van der Waals surface area contributed by atoms with Gasteiger partial charge in [-0.15, -0.1) is 0 Å². The normalized spacial score (nSPS) is 17.5. The molecule has 1 saturated carbocycles. The van der Waals surface area contributed by atoms with Crippen LogP contribution in [0.4, 0.5) is 0 Å². The highest BCUT2D eigenvalue weighted by Gasteiger charge is 2.29. The van der Waals surface area contributed by atoms with Gasteiger partial charge < -0.3 is 5.32 Å². The number of benzene rings is 1. The molecule has 0 saturated heterocycles. The molecule has 3 heterocycles. The fourth-order valence-corrected chi connectivity index (χ4v) is 4.60. The summed E-state index contributed by atoms with van der Waals surface area (Å²) in [5.41, 5.74) is 6.11. The molecule has 1 aromatic carbocycles. The Kier molecular flexibility index (Phi) is 4.04. The molecule has 5 heteroatoms. The highest BCUT2D eigenvalue weighted by atomic mass is 16.1. The number of fused-ring (bicyclic) bond motifs is 1. The number of carbonyl (C=O) groups excluding carboxylic acids is 1. The summed E-state index contributed by atoms with van der Waals surface area (Å²) in [5.74, 6) is -0.00745. The fraction of sp³-hybridized carbons (Fsp3) is 0.348. The second-order valence-corrected chi connectivity index (χ2v) is 8.40. The number of hydrogen-bond acceptors (Lipinski definition) is 3. The zero-order chi connectivity index (χ0) is 19.1. The van der Waals surface area contributed by atoms with Gasteiger partial charge in [0.05, 0.1) is 11.9 Å². The molecule has 2 aliphatic rings. The van der Waals surface area contributed by atoms with Gasteiger partial charge in [-0.2, -0.15) is 5.10 Å². The molecule has 142 valence electrons. The molecule has 1 N–H and O–H groups in total. The maximum Gasteiger partial charge on any atom is 0.251 e. The maximum atomic E-state index is 12.1. The van der Waals surface area contributed by atoms with Gasteiger partial charge in [-0.1, -0.05) is 38.0 Å². The first-order chi connectivity index (χ1) is 13.6. The minimum atomic E-state index is -0.00745. The van der Waals surface area contributed by atoms with Gasteiger partial charge in [0, 0.05) is 47.7 Å². The topological polar surface area (TPSA) is 59.8 Å². The molecule has 5 rings (SSSR count). The van der Waals surface area contributed by atoms with Gasteiger partial charge in [0.1, 0.15) is 0 Å². The number of carbonyl (C=O) groups is 1. The third-order valence-corrected chi connectivity index (χ3v) is 6.17. The van der Waals surface area contributed by atoms with Crippen molar-refractivity contribution in [3.63, 3.8) is 0 Å². The molecule has 3 aromatic rings. The number of nitrogens with zero attached hydrogens (tertiary/aromatic N) is 3. The quantitative estimate of drug-likeness (QED) is 0.737. The standard InChI is InChI=1S/C23H24N4O/c1-23(8-2-3-9-23)15-27-14-18(13-26-27)19-5-4-10-24-21(19)16-6-7-17-12-25-22(28)20(17)11-16/h4-7,10-11,13-14H,2-3,8-9,12,15H2,1H3,(H,25,28). The Morgan fingerprint density at radius 3 is 2.86 bits per heavy atom. The summed E-state index contributed by atoms with van der Waals surface area (Å²) in [4.78, 5) is 16.7. The van der Waals surface area contributed by atoms with Crippen LogP contribution >= 0.6 is 0 Å². The Balaban J connectivity index is 1.49. The first kappa shape index (κ1) is 17.2. The zero-order valence-electron chi connectivity index (χ0n) is 16.1. The average molecular weight is 372 g/mol. The summed E-state index contributed by atoms with van der Waals surface area (Å²) in [7, 11) is 0. The maximum absolute atomic E-state index is 12.1. The van der Waals surface area contributed by atoms with E-state index in [-0.39, 0.29) is 5.91 Å². The summed E-state index contributed by atoms with van der Waals surface area (Å²) in [6, 6.07) is 10.1. The Labute approximate surface area is 164 Å². The van der Waals surface area contributed by atoms with E-state index in [4.69, 9.17) is 0 Å². The number of rotatable bonds is 4. The Morgan fingerprint density at radius 1 is 1.14 bits per heavy atom. The van der Waals surface area contributed by atoms with E-state index in [1.54, 1.807) is 6.20 Å². The summed E-state index contributed by atoms with van der Waals surface area (Å²) in [5, 5.41) is 7.51. The molecule has 1 aliphatic carbocycles. The van der Waals surface area contributed by atoms with Crippen LogP contribution in [-0.4, -0.2) is 20.7 Å². The van der Waals surface area contributed by atoms with E-state index in [9.17, 15) is 4.79 Å². The molecule has 1 amide bonds. The van der Waals surface area contributed by atoms with Crippen LogP contribution in [0.2, 0.25) is 0 Å². The minimum Gasteiger partial charge on any atom is -0.348 e. The van der Waals surface area contributed by atoms with Gasteiger partial charge in [-0.3, -0.25) is 14.5 Å². The van der Waals surface area contributed by atoms with Gasteiger partial charge in [0.25, 0.3) is 5.91 Å². The number of amides is 1. The lowest BCUT2D eigenvalue weighted by atomic mass is 9.89. The molecule has 1 aliphatic heterocycles. The molecular formula is C23H24N4O. The van der Waals surface area contributed by atoms with Crippen LogP contribution < -0.4 is 5.32 Å². The molecular weight excluding hydrogens is 348 g/mol. The van der Waals surface area contributed by atoms with Gasteiger partial charge in [-0.25, -0.2) is 0 Å². The van der Waals surface area contributed by atoms with E-state index < -0.39 is 0 Å². The molecule has 0 radical (unpaired) electrons. The number of aromatic nitrogens is 3. The van der Waals surface area contributed by atoms with Gasteiger partial charge in [0.2, 0.25) is 0 Å².